The van der Waals surface area contributed by atoms with Gasteiger partial charge in [0.2, 0.25) is 0 Å². The van der Waals surface area contributed by atoms with Gasteiger partial charge >= 0.3 is 0 Å². The minimum atomic E-state index is 0.462. The number of anilines is 1. The molecule has 2 heterocycles. The minimum Gasteiger partial charge on any atom is -0.384 e. The Labute approximate surface area is 84.3 Å². The number of rotatable bonds is 3. The predicted octanol–water partition coefficient (Wildman–Crippen LogP) is 1.78. The third-order valence-corrected chi connectivity index (χ3v) is 2.62. The second-order valence-electron chi connectivity index (χ2n) is 3.76. The maximum absolute atomic E-state index is 5.60. The zero-order valence-corrected chi connectivity index (χ0v) is 8.28. The molecule has 0 aliphatic carbocycles. The van der Waals surface area contributed by atoms with E-state index >= 15 is 0 Å². The predicted molar refractivity (Wildman–Crippen MR) is 55.9 cm³/mol. The molecule has 1 saturated heterocycles. The highest BCUT2D eigenvalue weighted by Gasteiger charge is 2.14. The third-order valence-electron chi connectivity index (χ3n) is 2.62. The number of pyridine rings is 1. The highest BCUT2D eigenvalue weighted by atomic mass is 16.5. The quantitative estimate of drug-likeness (QED) is 0.794. The van der Waals surface area contributed by atoms with Crippen molar-refractivity contribution in [2.45, 2.75) is 31.8 Å². The molecule has 0 spiro atoms. The highest BCUT2D eigenvalue weighted by molar-refractivity contribution is 5.31. The second-order valence-corrected chi connectivity index (χ2v) is 3.76. The second kappa shape index (κ2) is 4.42. The maximum Gasteiger partial charge on any atom is 0.123 e. The fraction of sp³-hybridized carbons (Fsp3) is 0.545. The van der Waals surface area contributed by atoms with Gasteiger partial charge < -0.3 is 10.5 Å². The molecule has 1 aliphatic rings. The van der Waals surface area contributed by atoms with Crippen LogP contribution in [-0.2, 0) is 11.2 Å². The lowest BCUT2D eigenvalue weighted by molar-refractivity contribution is 0.104. The number of aromatic nitrogens is 1. The lowest BCUT2D eigenvalue weighted by Crippen LogP contribution is -2.06. The van der Waals surface area contributed by atoms with Gasteiger partial charge in [-0.15, -0.1) is 0 Å². The topological polar surface area (TPSA) is 48.1 Å². The number of hydrogen-bond acceptors (Lipinski definition) is 3. The normalized spacial score (nSPS) is 21.3. The summed E-state index contributed by atoms with van der Waals surface area (Å²) < 4.78 is 5.56. The average Bonchev–Trinajstić information content (AvgIpc) is 2.67. The van der Waals surface area contributed by atoms with Gasteiger partial charge in [0, 0.05) is 12.8 Å². The minimum absolute atomic E-state index is 0.462. The van der Waals surface area contributed by atoms with Crippen LogP contribution in [0, 0.1) is 0 Å². The molecule has 3 nitrogen and oxygen atoms in total. The van der Waals surface area contributed by atoms with Crippen molar-refractivity contribution in [1.82, 2.24) is 4.98 Å². The largest absolute Gasteiger partial charge is 0.384 e. The molecule has 0 aromatic carbocycles. The van der Waals surface area contributed by atoms with E-state index in [9.17, 15) is 0 Å². The molecule has 14 heavy (non-hydrogen) atoms. The standard InChI is InChI=1S/C11H16N2O/c12-11-8-9(5-6-13-11)3-4-10-2-1-7-14-10/h5-6,8,10H,1-4,7H2,(H2,12,13). The van der Waals surface area contributed by atoms with Crippen LogP contribution in [0.2, 0.25) is 0 Å². The summed E-state index contributed by atoms with van der Waals surface area (Å²) >= 11 is 0. The molecule has 76 valence electrons. The number of hydrogen-bond donors (Lipinski definition) is 1. The summed E-state index contributed by atoms with van der Waals surface area (Å²) in [5.41, 5.74) is 6.86. The molecule has 1 fully saturated rings. The van der Waals surface area contributed by atoms with Crippen molar-refractivity contribution in [3.63, 3.8) is 0 Å². The summed E-state index contributed by atoms with van der Waals surface area (Å²) in [7, 11) is 0. The van der Waals surface area contributed by atoms with Gasteiger partial charge in [-0.3, -0.25) is 0 Å². The molecule has 0 amide bonds. The Kier molecular flexibility index (Phi) is 2.99. The molecular weight excluding hydrogens is 176 g/mol. The first-order chi connectivity index (χ1) is 6.84. The van der Waals surface area contributed by atoms with Gasteiger partial charge in [0.05, 0.1) is 6.10 Å². The van der Waals surface area contributed by atoms with Crippen molar-refractivity contribution in [3.05, 3.63) is 23.9 Å². The first-order valence-corrected chi connectivity index (χ1v) is 5.16. The highest BCUT2D eigenvalue weighted by Crippen LogP contribution is 2.17. The van der Waals surface area contributed by atoms with Crippen molar-refractivity contribution in [3.8, 4) is 0 Å². The van der Waals surface area contributed by atoms with Gasteiger partial charge in [-0.2, -0.15) is 0 Å². The molecule has 1 aromatic heterocycles. The number of nitrogen functional groups attached to an aromatic ring is 1. The van der Waals surface area contributed by atoms with E-state index in [1.54, 1.807) is 6.20 Å². The van der Waals surface area contributed by atoms with Gasteiger partial charge in [-0.25, -0.2) is 4.98 Å². The maximum atomic E-state index is 5.60. The fourth-order valence-corrected chi connectivity index (χ4v) is 1.85. The lowest BCUT2D eigenvalue weighted by Gasteiger charge is -2.08. The van der Waals surface area contributed by atoms with Gasteiger partial charge in [0.15, 0.2) is 0 Å². The number of nitrogens with two attached hydrogens (primary N) is 1. The average molecular weight is 192 g/mol. The van der Waals surface area contributed by atoms with Crippen molar-refractivity contribution < 1.29 is 4.74 Å². The van der Waals surface area contributed by atoms with Crippen LogP contribution in [0.25, 0.3) is 0 Å². The summed E-state index contributed by atoms with van der Waals surface area (Å²) in [4.78, 5) is 3.97. The zero-order chi connectivity index (χ0) is 9.80. The molecule has 0 saturated carbocycles. The Balaban J connectivity index is 1.85. The summed E-state index contributed by atoms with van der Waals surface area (Å²) in [5, 5.41) is 0. The number of aryl methyl sites for hydroxylation is 1. The van der Waals surface area contributed by atoms with Crippen LogP contribution in [0.4, 0.5) is 5.82 Å². The van der Waals surface area contributed by atoms with Crippen molar-refractivity contribution >= 4 is 5.82 Å². The Morgan fingerprint density at radius 2 is 2.50 bits per heavy atom. The fourth-order valence-electron chi connectivity index (χ4n) is 1.85. The lowest BCUT2D eigenvalue weighted by atomic mass is 10.1. The molecule has 2 N–H and O–H groups in total. The third kappa shape index (κ3) is 2.45. The Bertz CT molecular complexity index is 295. The van der Waals surface area contributed by atoms with Gasteiger partial charge in [0.1, 0.15) is 5.82 Å². The molecule has 3 heteroatoms. The van der Waals surface area contributed by atoms with E-state index in [1.807, 2.05) is 12.1 Å². The number of nitrogens with zero attached hydrogens (tertiary/aromatic N) is 1. The van der Waals surface area contributed by atoms with Crippen LogP contribution in [0.1, 0.15) is 24.8 Å². The smallest absolute Gasteiger partial charge is 0.123 e. The molecule has 0 radical (unpaired) electrons. The van der Waals surface area contributed by atoms with E-state index in [0.29, 0.717) is 11.9 Å². The Hall–Kier alpha value is -1.09. The van der Waals surface area contributed by atoms with Crippen LogP contribution in [0.5, 0.6) is 0 Å². The van der Waals surface area contributed by atoms with Crippen molar-refractivity contribution in [2.24, 2.45) is 0 Å². The molecule has 0 bridgehead atoms. The summed E-state index contributed by atoms with van der Waals surface area (Å²) in [5.74, 6) is 0.606. The zero-order valence-electron chi connectivity index (χ0n) is 8.28. The van der Waals surface area contributed by atoms with Crippen LogP contribution in [-0.4, -0.2) is 17.7 Å². The van der Waals surface area contributed by atoms with E-state index in [4.69, 9.17) is 10.5 Å². The van der Waals surface area contributed by atoms with Gasteiger partial charge in [-0.1, -0.05) is 0 Å². The van der Waals surface area contributed by atoms with E-state index in [1.165, 1.54) is 18.4 Å². The SMILES string of the molecule is Nc1cc(CCC2CCCO2)ccn1. The van der Waals surface area contributed by atoms with Gasteiger partial charge in [0.25, 0.3) is 0 Å². The monoisotopic (exact) mass is 192 g/mol. The summed E-state index contributed by atoms with van der Waals surface area (Å²) in [6, 6.07) is 3.96. The number of ether oxygens (including phenoxy) is 1. The Morgan fingerprint density at radius 3 is 3.21 bits per heavy atom. The van der Waals surface area contributed by atoms with E-state index in [-0.39, 0.29) is 0 Å². The van der Waals surface area contributed by atoms with E-state index in [0.717, 1.165) is 19.4 Å². The van der Waals surface area contributed by atoms with Crippen LogP contribution in [0.3, 0.4) is 0 Å². The van der Waals surface area contributed by atoms with Crippen LogP contribution in [0.15, 0.2) is 18.3 Å². The molecule has 1 atom stereocenters. The molecular formula is C11H16N2O. The first kappa shape index (κ1) is 9.46. The Morgan fingerprint density at radius 1 is 1.57 bits per heavy atom. The molecule has 2 rings (SSSR count). The molecule has 1 aromatic rings. The molecule has 1 unspecified atom stereocenters. The molecule has 1 aliphatic heterocycles. The van der Waals surface area contributed by atoms with Crippen molar-refractivity contribution in [1.29, 1.82) is 0 Å². The van der Waals surface area contributed by atoms with E-state index in [2.05, 4.69) is 4.98 Å². The van der Waals surface area contributed by atoms with Crippen molar-refractivity contribution in [2.75, 3.05) is 12.3 Å². The van der Waals surface area contributed by atoms with Crippen LogP contribution >= 0.6 is 0 Å². The summed E-state index contributed by atoms with van der Waals surface area (Å²) in [6.45, 7) is 0.934. The first-order valence-electron chi connectivity index (χ1n) is 5.16. The van der Waals surface area contributed by atoms with Crippen LogP contribution < -0.4 is 5.73 Å². The summed E-state index contributed by atoms with van der Waals surface area (Å²) in [6.07, 6.45) is 6.79. The van der Waals surface area contributed by atoms with Gasteiger partial charge in [-0.05, 0) is 43.4 Å². The van der Waals surface area contributed by atoms with E-state index < -0.39 is 0 Å².